The second kappa shape index (κ2) is 35.5. The van der Waals surface area contributed by atoms with Gasteiger partial charge in [-0.3, -0.25) is 14.4 Å². The van der Waals surface area contributed by atoms with Crippen molar-refractivity contribution >= 4 is 45.9 Å². The molecule has 5 aromatic carbocycles. The zero-order valence-corrected chi connectivity index (χ0v) is 59.2. The van der Waals surface area contributed by atoms with E-state index in [9.17, 15) is 137 Å². The van der Waals surface area contributed by atoms with E-state index < -0.39 is 291 Å². The van der Waals surface area contributed by atoms with Gasteiger partial charge in [-0.15, -0.1) is 0 Å². The Labute approximate surface area is 644 Å². The summed E-state index contributed by atoms with van der Waals surface area (Å²) in [6, 6.07) is 17.3. The number of aromatic hydroxyl groups is 6. The molecule has 0 bridgehead atoms. The van der Waals surface area contributed by atoms with Crippen LogP contribution >= 0.6 is 0 Å². The molecule has 7 heterocycles. The van der Waals surface area contributed by atoms with Crippen molar-refractivity contribution in [2.75, 3.05) is 33.0 Å². The van der Waals surface area contributed by atoms with Crippen LogP contribution in [0.5, 0.6) is 63.2 Å². The summed E-state index contributed by atoms with van der Waals surface area (Å²) >= 11 is 0. The predicted octanol–water partition coefficient (Wildman–Crippen LogP) is -4.87. The van der Waals surface area contributed by atoms with Crippen LogP contribution in [-0.4, -0.2) is 322 Å². The third-order valence-electron chi connectivity index (χ3n) is 19.1. The maximum Gasteiger partial charge on any atom is 0.402 e. The van der Waals surface area contributed by atoms with E-state index in [4.69, 9.17) is 70.4 Å². The molecule has 12 rings (SSSR count). The van der Waals surface area contributed by atoms with Gasteiger partial charge in [-0.1, -0.05) is 12.1 Å². The van der Waals surface area contributed by atoms with Gasteiger partial charge in [-0.05, 0) is 48.0 Å². The van der Waals surface area contributed by atoms with Crippen molar-refractivity contribution in [1.82, 2.24) is 0 Å². The van der Waals surface area contributed by atoms with Crippen LogP contribution in [0.4, 0.5) is 0 Å². The summed E-state index contributed by atoms with van der Waals surface area (Å²) in [7, 11) is 0. The standard InChI is InChI=1S/C73H78O42/c74-20-40-50(85)56(91)61(96)70(110-40)106-31-16-34(78)48-38(18-31)108-67(68(55(48)90)115-73-65(100)57(92)51(86)41(21-75)111-73)26-4-8-29(9-5-26)104-69-62(97)58(93)52(87)42(112-69)22-102-46(82)11-12-47(83)103-23-43-53(88)59(94)63(98)71(113-43)105-30-15-33(77)32-19-39(66(107-37(32)17-30)27-13-35(79)49(84)36(80)14-27)109-72-64(99)60(95)54(89)44(114-72)24-101-45(81)10-3-25-1-6-28(76)7-2-25/h1-10,13-19,40-44,50-54,56-65,69-75,85-89,91-100H,11-12,20-24H2,(H5-,76,77,78,79,80,81,84,90)/p+1. The lowest BCUT2D eigenvalue weighted by molar-refractivity contribution is -0.278. The molecule has 42 nitrogen and oxygen atoms in total. The van der Waals surface area contributed by atoms with Crippen LogP contribution in [0, 0.1) is 0 Å². The highest BCUT2D eigenvalue weighted by molar-refractivity contribution is 5.90. The number of aliphatic hydroxyl groups excluding tert-OH is 17. The number of esters is 3. The number of ether oxygens (including phenoxy) is 13. The Hall–Kier alpha value is -10.2. The Bertz CT molecular complexity index is 4670. The Balaban J connectivity index is 0.670. The number of hydrogen-bond donors (Lipinski definition) is 23. The molecule has 0 radical (unpaired) electrons. The number of hydrogen-bond acceptors (Lipinski definition) is 41. The predicted molar refractivity (Wildman–Crippen MR) is 372 cm³/mol. The van der Waals surface area contributed by atoms with Crippen LogP contribution in [-0.2, 0) is 52.3 Å². The lowest BCUT2D eigenvalue weighted by atomic mass is 9.99. The molecule has 0 aliphatic carbocycles. The van der Waals surface area contributed by atoms with Gasteiger partial charge in [0.05, 0.1) is 37.7 Å². The van der Waals surface area contributed by atoms with Crippen LogP contribution in [0.15, 0.2) is 111 Å². The average Bonchev–Trinajstić information content (AvgIpc) is 0.750. The normalized spacial score (nSPS) is 31.6. The van der Waals surface area contributed by atoms with Gasteiger partial charge in [0.1, 0.15) is 193 Å². The van der Waals surface area contributed by atoms with Gasteiger partial charge in [0.15, 0.2) is 23.0 Å². The Kier molecular flexibility index (Phi) is 26.0. The topological polar surface area (TPSA) is 678 Å². The van der Waals surface area contributed by atoms with E-state index in [1.807, 2.05) is 0 Å². The van der Waals surface area contributed by atoms with E-state index in [2.05, 4.69) is 0 Å². The van der Waals surface area contributed by atoms with Crippen LogP contribution in [0.25, 0.3) is 50.7 Å². The number of benzene rings is 5. The highest BCUT2D eigenvalue weighted by Gasteiger charge is 2.51. The molecule has 5 aliphatic rings. The molecule has 42 heteroatoms. The minimum atomic E-state index is -2.08. The van der Waals surface area contributed by atoms with Gasteiger partial charge in [-0.25, -0.2) is 9.21 Å². The van der Waals surface area contributed by atoms with E-state index in [1.165, 1.54) is 54.6 Å². The van der Waals surface area contributed by atoms with Crippen molar-refractivity contribution in [3.05, 3.63) is 113 Å². The molecule has 7 aromatic rings. The molecule has 2 aromatic heterocycles. The monoisotopic (exact) mass is 1630 g/mol. The van der Waals surface area contributed by atoms with Crippen molar-refractivity contribution in [3.8, 4) is 85.9 Å². The SMILES string of the molecule is O=C(C=Cc1ccc(O)cc1)OCC1OC(Oc2cc3c(O)cc(OC4OC(COC(=O)CCC(=O)OCC5OC(Oc6ccc(-c7oc8cc(OC9OC(CO)C(O)C(O)C9O)cc(O)c8c(=O)c7OC7OC(CO)C(O)C(O)C7O)cc6)C(O)C(O)C5O)C(O)C(O)C4O)cc3[o+]c2-c2cc(O)c(O)c(O)c2)C(O)C(O)C1O. The molecular formula is C73H79O42+. The van der Waals surface area contributed by atoms with E-state index in [0.717, 1.165) is 48.5 Å². The Morgan fingerprint density at radius 1 is 0.417 bits per heavy atom. The number of phenolic OH excluding ortho intramolecular Hbond substituents is 6. The zero-order chi connectivity index (χ0) is 82.9. The molecule has 23 N–H and O–H groups in total. The van der Waals surface area contributed by atoms with Crippen molar-refractivity contribution < 1.29 is 202 Å². The number of carbonyl (C=O) groups is 3. The zero-order valence-electron chi connectivity index (χ0n) is 59.2. The van der Waals surface area contributed by atoms with Gasteiger partial charge in [0, 0.05) is 48.0 Å². The minimum Gasteiger partial charge on any atom is -0.508 e. The molecule has 622 valence electrons. The first-order valence-electron chi connectivity index (χ1n) is 35.0. The molecule has 25 atom stereocenters. The first-order valence-corrected chi connectivity index (χ1v) is 35.0. The smallest absolute Gasteiger partial charge is 0.402 e. The van der Waals surface area contributed by atoms with Gasteiger partial charge < -0.3 is 183 Å². The largest absolute Gasteiger partial charge is 0.508 e. The van der Waals surface area contributed by atoms with Crippen LogP contribution < -0.4 is 29.1 Å². The summed E-state index contributed by atoms with van der Waals surface area (Å²) in [5.41, 5.74) is -1.81. The molecule has 5 saturated heterocycles. The van der Waals surface area contributed by atoms with Crippen LogP contribution in [0.3, 0.4) is 0 Å². The van der Waals surface area contributed by atoms with E-state index in [1.54, 1.807) is 0 Å². The highest BCUT2D eigenvalue weighted by Crippen LogP contribution is 2.47. The van der Waals surface area contributed by atoms with Crippen molar-refractivity contribution in [2.45, 2.75) is 166 Å². The summed E-state index contributed by atoms with van der Waals surface area (Å²) in [6.45, 7) is -4.17. The third kappa shape index (κ3) is 18.2. The number of rotatable bonds is 25. The molecule has 0 saturated carbocycles. The first-order chi connectivity index (χ1) is 54.7. The van der Waals surface area contributed by atoms with Crippen molar-refractivity contribution in [1.29, 1.82) is 0 Å². The molecule has 0 amide bonds. The van der Waals surface area contributed by atoms with Crippen molar-refractivity contribution in [2.24, 2.45) is 0 Å². The fourth-order valence-corrected chi connectivity index (χ4v) is 12.7. The van der Waals surface area contributed by atoms with E-state index in [-0.39, 0.29) is 39.3 Å². The first kappa shape index (κ1) is 84.2. The summed E-state index contributed by atoms with van der Waals surface area (Å²) in [5, 5.41) is 244. The van der Waals surface area contributed by atoms with Gasteiger partial charge in [0.2, 0.25) is 48.4 Å². The highest BCUT2D eigenvalue weighted by atomic mass is 16.7. The third-order valence-corrected chi connectivity index (χ3v) is 19.1. The number of carbonyl (C=O) groups excluding carboxylic acids is 3. The Morgan fingerprint density at radius 2 is 0.843 bits per heavy atom. The second-order valence-corrected chi connectivity index (χ2v) is 27.0. The lowest BCUT2D eigenvalue weighted by Gasteiger charge is -2.40. The van der Waals surface area contributed by atoms with Crippen LogP contribution in [0.1, 0.15) is 18.4 Å². The summed E-state index contributed by atoms with van der Waals surface area (Å²) in [6.07, 6.45) is -46.0. The number of aliphatic hydroxyl groups is 17. The lowest BCUT2D eigenvalue weighted by Crippen LogP contribution is -2.60. The second-order valence-electron chi connectivity index (χ2n) is 27.0. The van der Waals surface area contributed by atoms with Crippen LogP contribution in [0.2, 0.25) is 0 Å². The summed E-state index contributed by atoms with van der Waals surface area (Å²) < 4.78 is 84.9. The number of phenols is 6. The van der Waals surface area contributed by atoms with Gasteiger partial charge >= 0.3 is 29.3 Å². The molecule has 115 heavy (non-hydrogen) atoms. The maximum atomic E-state index is 14.4. The quantitative estimate of drug-likeness (QED) is 0.00839. The van der Waals surface area contributed by atoms with Gasteiger partial charge in [-0.2, -0.15) is 0 Å². The molecule has 5 aliphatic heterocycles. The van der Waals surface area contributed by atoms with E-state index in [0.29, 0.717) is 5.56 Å². The molecule has 5 fully saturated rings. The number of fused-ring (bicyclic) bond motifs is 2. The molecular weight excluding hydrogens is 1550 g/mol. The minimum absolute atomic E-state index is 0.0243. The molecule has 25 unspecified atom stereocenters. The fourth-order valence-electron chi connectivity index (χ4n) is 12.7. The Morgan fingerprint density at radius 3 is 1.33 bits per heavy atom. The fraction of sp³-hybridized carbons (Fsp3) is 0.438. The average molecular weight is 1630 g/mol. The maximum absolute atomic E-state index is 14.4. The molecule has 0 spiro atoms. The summed E-state index contributed by atoms with van der Waals surface area (Å²) in [4.78, 5) is 53.2. The van der Waals surface area contributed by atoms with Gasteiger partial charge in [0.25, 0.3) is 0 Å². The van der Waals surface area contributed by atoms with Crippen molar-refractivity contribution in [3.63, 3.8) is 0 Å². The summed E-state index contributed by atoms with van der Waals surface area (Å²) in [5.74, 6) is -10.7. The van der Waals surface area contributed by atoms with E-state index >= 15 is 0 Å².